The summed E-state index contributed by atoms with van der Waals surface area (Å²) < 4.78 is 1.02. The number of amides is 1. The third-order valence-electron chi connectivity index (χ3n) is 2.71. The van der Waals surface area contributed by atoms with Gasteiger partial charge in [0.15, 0.2) is 0 Å². The minimum Gasteiger partial charge on any atom is -0.389 e. The fourth-order valence-corrected chi connectivity index (χ4v) is 2.25. The predicted molar refractivity (Wildman–Crippen MR) is 84.2 cm³/mol. The number of halogens is 1. The molecule has 0 heterocycles. The predicted octanol–water partition coefficient (Wildman–Crippen LogP) is 3.60. The maximum absolute atomic E-state index is 12.1. The molecule has 0 radical (unpaired) electrons. The fraction of sp³-hybridized carbons (Fsp3) is 0.133. The van der Waals surface area contributed by atoms with Crippen LogP contribution in [-0.2, 0) is 0 Å². The lowest BCUT2D eigenvalue weighted by Crippen LogP contribution is -2.12. The number of carbonyl (C=O) groups is 1. The maximum atomic E-state index is 12.1. The normalized spacial score (nSPS) is 11.9. The molecule has 2 rings (SSSR count). The second-order valence-corrected chi connectivity index (χ2v) is 5.51. The number of benzene rings is 2. The van der Waals surface area contributed by atoms with Gasteiger partial charge in [0.2, 0.25) is 0 Å². The largest absolute Gasteiger partial charge is 0.389 e. The summed E-state index contributed by atoms with van der Waals surface area (Å²) in [6.45, 7) is 1.69. The Morgan fingerprint density at radius 3 is 2.63 bits per heavy atom. The van der Waals surface area contributed by atoms with Crippen molar-refractivity contribution < 1.29 is 9.90 Å². The van der Waals surface area contributed by atoms with Crippen molar-refractivity contribution in [1.82, 2.24) is 0 Å². The van der Waals surface area contributed by atoms with Crippen LogP contribution >= 0.6 is 22.6 Å². The second-order valence-electron chi connectivity index (χ2n) is 4.27. The highest BCUT2D eigenvalue weighted by atomic mass is 127. The summed E-state index contributed by atoms with van der Waals surface area (Å²) in [6.07, 6.45) is -0.547. The molecule has 4 heteroatoms. The summed E-state index contributed by atoms with van der Waals surface area (Å²) in [5.74, 6) is -0.152. The van der Waals surface area contributed by atoms with Crippen LogP contribution in [0.15, 0.2) is 48.5 Å². The number of carbonyl (C=O) groups excluding carboxylic acids is 1. The van der Waals surface area contributed by atoms with Crippen LogP contribution in [0.4, 0.5) is 5.69 Å². The minimum atomic E-state index is -0.547. The Kier molecular flexibility index (Phi) is 4.55. The Morgan fingerprint density at radius 2 is 1.95 bits per heavy atom. The van der Waals surface area contributed by atoms with Crippen LogP contribution in [0.3, 0.4) is 0 Å². The van der Waals surface area contributed by atoms with Gasteiger partial charge in [-0.05, 0) is 65.4 Å². The van der Waals surface area contributed by atoms with Gasteiger partial charge in [0.25, 0.3) is 5.91 Å². The molecule has 1 atom stereocenters. The molecular weight excluding hydrogens is 353 g/mol. The zero-order chi connectivity index (χ0) is 13.8. The van der Waals surface area contributed by atoms with E-state index in [1.807, 2.05) is 30.3 Å². The molecule has 0 aliphatic rings. The highest BCUT2D eigenvalue weighted by molar-refractivity contribution is 14.1. The first-order valence-electron chi connectivity index (χ1n) is 5.91. The lowest BCUT2D eigenvalue weighted by molar-refractivity contribution is 0.102. The Morgan fingerprint density at radius 1 is 1.21 bits per heavy atom. The molecule has 0 aliphatic carbocycles. The highest BCUT2D eigenvalue weighted by Gasteiger charge is 2.07. The van der Waals surface area contributed by atoms with Crippen LogP contribution in [-0.4, -0.2) is 11.0 Å². The lowest BCUT2D eigenvalue weighted by Gasteiger charge is -2.09. The molecule has 1 amide bonds. The molecular formula is C15H14INO2. The van der Waals surface area contributed by atoms with Gasteiger partial charge in [-0.25, -0.2) is 0 Å². The van der Waals surface area contributed by atoms with Gasteiger partial charge in [-0.2, -0.15) is 0 Å². The first-order chi connectivity index (χ1) is 9.06. The van der Waals surface area contributed by atoms with Gasteiger partial charge in [0.1, 0.15) is 0 Å². The van der Waals surface area contributed by atoms with Gasteiger partial charge < -0.3 is 10.4 Å². The zero-order valence-corrected chi connectivity index (χ0v) is 12.6. The number of aliphatic hydroxyl groups is 1. The molecule has 2 aromatic carbocycles. The summed E-state index contributed by atoms with van der Waals surface area (Å²) >= 11 is 2.17. The number of aliphatic hydroxyl groups excluding tert-OH is 1. The number of hydrogen-bond acceptors (Lipinski definition) is 2. The standard InChI is InChI=1S/C15H14INO2/c1-10(18)11-4-3-7-14(9-11)17-15(19)12-5-2-6-13(16)8-12/h2-10,18H,1H3,(H,17,19). The van der Waals surface area contributed by atoms with Crippen molar-refractivity contribution in [3.63, 3.8) is 0 Å². The molecule has 0 saturated heterocycles. The Bertz CT molecular complexity index is 596. The molecule has 2 aromatic rings. The van der Waals surface area contributed by atoms with E-state index in [0.29, 0.717) is 11.3 Å². The minimum absolute atomic E-state index is 0.152. The van der Waals surface area contributed by atoms with E-state index >= 15 is 0 Å². The number of rotatable bonds is 3. The summed E-state index contributed by atoms with van der Waals surface area (Å²) in [7, 11) is 0. The third-order valence-corrected chi connectivity index (χ3v) is 3.38. The van der Waals surface area contributed by atoms with Gasteiger partial charge in [-0.1, -0.05) is 18.2 Å². The van der Waals surface area contributed by atoms with Gasteiger partial charge in [0, 0.05) is 14.8 Å². The van der Waals surface area contributed by atoms with Crippen LogP contribution in [0.2, 0.25) is 0 Å². The van der Waals surface area contributed by atoms with Crippen molar-refractivity contribution in [2.75, 3.05) is 5.32 Å². The van der Waals surface area contributed by atoms with E-state index in [0.717, 1.165) is 9.13 Å². The topological polar surface area (TPSA) is 49.3 Å². The molecule has 0 aromatic heterocycles. The Labute approximate surface area is 125 Å². The quantitative estimate of drug-likeness (QED) is 0.815. The van der Waals surface area contributed by atoms with Gasteiger partial charge in [-0.3, -0.25) is 4.79 Å². The summed E-state index contributed by atoms with van der Waals surface area (Å²) in [5, 5.41) is 12.3. The average molecular weight is 367 g/mol. The first kappa shape index (κ1) is 14.0. The third kappa shape index (κ3) is 3.78. The lowest BCUT2D eigenvalue weighted by atomic mass is 10.1. The van der Waals surface area contributed by atoms with Crippen molar-refractivity contribution in [2.45, 2.75) is 13.0 Å². The average Bonchev–Trinajstić information content (AvgIpc) is 2.39. The highest BCUT2D eigenvalue weighted by Crippen LogP contribution is 2.18. The molecule has 19 heavy (non-hydrogen) atoms. The van der Waals surface area contributed by atoms with E-state index in [-0.39, 0.29) is 5.91 Å². The van der Waals surface area contributed by atoms with E-state index in [9.17, 15) is 9.90 Å². The first-order valence-corrected chi connectivity index (χ1v) is 6.99. The molecule has 3 nitrogen and oxygen atoms in total. The fourth-order valence-electron chi connectivity index (χ4n) is 1.71. The van der Waals surface area contributed by atoms with Crippen LogP contribution < -0.4 is 5.32 Å². The van der Waals surface area contributed by atoms with Gasteiger partial charge >= 0.3 is 0 Å². The van der Waals surface area contributed by atoms with E-state index in [4.69, 9.17) is 0 Å². The van der Waals surface area contributed by atoms with Crippen molar-refractivity contribution in [1.29, 1.82) is 0 Å². The van der Waals surface area contributed by atoms with E-state index < -0.39 is 6.10 Å². The second kappa shape index (κ2) is 6.16. The summed E-state index contributed by atoms with van der Waals surface area (Å²) in [5.41, 5.74) is 2.08. The van der Waals surface area contributed by atoms with Gasteiger partial charge in [0.05, 0.1) is 6.10 Å². The van der Waals surface area contributed by atoms with Crippen LogP contribution in [0.25, 0.3) is 0 Å². The smallest absolute Gasteiger partial charge is 0.255 e. The van der Waals surface area contributed by atoms with Crippen molar-refractivity contribution >= 4 is 34.2 Å². The number of nitrogens with one attached hydrogen (secondary N) is 1. The Balaban J connectivity index is 2.17. The number of anilines is 1. The molecule has 0 aliphatic heterocycles. The molecule has 2 N–H and O–H groups in total. The number of hydrogen-bond donors (Lipinski definition) is 2. The maximum Gasteiger partial charge on any atom is 0.255 e. The SMILES string of the molecule is CC(O)c1cccc(NC(=O)c2cccc(I)c2)c1. The van der Waals surface area contributed by atoms with Crippen LogP contribution in [0.5, 0.6) is 0 Å². The van der Waals surface area contributed by atoms with Crippen molar-refractivity contribution in [3.05, 3.63) is 63.2 Å². The molecule has 98 valence electrons. The zero-order valence-electron chi connectivity index (χ0n) is 10.4. The van der Waals surface area contributed by atoms with Gasteiger partial charge in [-0.15, -0.1) is 0 Å². The van der Waals surface area contributed by atoms with Crippen molar-refractivity contribution in [2.24, 2.45) is 0 Å². The monoisotopic (exact) mass is 367 g/mol. The van der Waals surface area contributed by atoms with E-state index in [2.05, 4.69) is 27.9 Å². The summed E-state index contributed by atoms with van der Waals surface area (Å²) in [4.78, 5) is 12.1. The van der Waals surface area contributed by atoms with E-state index in [1.165, 1.54) is 0 Å². The van der Waals surface area contributed by atoms with Crippen LogP contribution in [0.1, 0.15) is 28.9 Å². The van der Waals surface area contributed by atoms with Crippen molar-refractivity contribution in [3.8, 4) is 0 Å². The van der Waals surface area contributed by atoms with E-state index in [1.54, 1.807) is 25.1 Å². The molecule has 0 spiro atoms. The molecule has 0 saturated carbocycles. The molecule has 0 fully saturated rings. The summed E-state index contributed by atoms with van der Waals surface area (Å²) in [6, 6.07) is 14.6. The molecule has 0 bridgehead atoms. The molecule has 1 unspecified atom stereocenters. The van der Waals surface area contributed by atoms with Crippen LogP contribution in [0, 0.1) is 3.57 Å². The Hall–Kier alpha value is -1.40.